The Balaban J connectivity index is 1.46. The van der Waals surface area contributed by atoms with Gasteiger partial charge in [-0.15, -0.1) is 0 Å². The van der Waals surface area contributed by atoms with Crippen LogP contribution in [0.15, 0.2) is 78.0 Å². The van der Waals surface area contributed by atoms with Crippen LogP contribution in [0, 0.1) is 6.92 Å². The van der Waals surface area contributed by atoms with Crippen molar-refractivity contribution in [2.75, 3.05) is 11.3 Å². The monoisotopic (exact) mass is 451 g/mol. The van der Waals surface area contributed by atoms with E-state index in [1.165, 1.54) is 12.1 Å². The molecule has 0 aliphatic heterocycles. The summed E-state index contributed by atoms with van der Waals surface area (Å²) in [6, 6.07) is 16.2. The van der Waals surface area contributed by atoms with Crippen LogP contribution in [0.25, 0.3) is 5.82 Å². The third-order valence-electron chi connectivity index (χ3n) is 4.31. The van der Waals surface area contributed by atoms with E-state index >= 15 is 0 Å². The van der Waals surface area contributed by atoms with Crippen molar-refractivity contribution in [3.05, 3.63) is 78.9 Å². The van der Waals surface area contributed by atoms with Crippen molar-refractivity contribution in [1.29, 1.82) is 0 Å². The topological polar surface area (TPSA) is 108 Å². The average Bonchev–Trinajstić information content (AvgIpc) is 3.30. The Morgan fingerprint density at radius 2 is 1.72 bits per heavy atom. The number of benzene rings is 2. The predicted octanol–water partition coefficient (Wildman–Crippen LogP) is 3.96. The number of aromatic nitrogens is 4. The minimum atomic E-state index is -3.73. The van der Waals surface area contributed by atoms with Gasteiger partial charge >= 0.3 is 0 Å². The standard InChI is InChI=1S/C22H21N5O4S/c1-3-30-18-9-11-20(12-10-18)32(28,29)26-17-5-7-19(8-6-17)31-22-15-21(24-16(2)25-22)27-14-4-13-23-27/h4-15,26H,3H2,1-2H3. The van der Waals surface area contributed by atoms with E-state index in [9.17, 15) is 8.42 Å². The first-order valence-corrected chi connectivity index (χ1v) is 11.3. The van der Waals surface area contributed by atoms with Crippen molar-refractivity contribution in [2.24, 2.45) is 0 Å². The lowest BCUT2D eigenvalue weighted by Gasteiger charge is -2.11. The summed E-state index contributed by atoms with van der Waals surface area (Å²) in [5.74, 6) is 2.58. The number of hydrogen-bond acceptors (Lipinski definition) is 7. The summed E-state index contributed by atoms with van der Waals surface area (Å²) in [6.45, 7) is 4.14. The molecule has 1 N–H and O–H groups in total. The maximum atomic E-state index is 12.6. The molecule has 2 aromatic heterocycles. The maximum absolute atomic E-state index is 12.6. The Bertz CT molecular complexity index is 1290. The number of sulfonamides is 1. The molecule has 0 saturated carbocycles. The molecule has 4 aromatic rings. The van der Waals surface area contributed by atoms with E-state index in [1.807, 2.05) is 6.92 Å². The molecule has 0 spiro atoms. The van der Waals surface area contributed by atoms with Crippen LogP contribution in [0.1, 0.15) is 12.7 Å². The number of rotatable bonds is 8. The molecule has 164 valence electrons. The Morgan fingerprint density at radius 3 is 2.38 bits per heavy atom. The number of nitrogens with one attached hydrogen (secondary N) is 1. The Morgan fingerprint density at radius 1 is 1.00 bits per heavy atom. The van der Waals surface area contributed by atoms with Crippen LogP contribution in [-0.4, -0.2) is 34.8 Å². The van der Waals surface area contributed by atoms with Gasteiger partial charge in [0.1, 0.15) is 17.3 Å². The van der Waals surface area contributed by atoms with Crippen molar-refractivity contribution in [3.63, 3.8) is 0 Å². The molecule has 0 fully saturated rings. The number of ether oxygens (including phenoxy) is 2. The molecule has 0 saturated heterocycles. The third kappa shape index (κ3) is 5.03. The average molecular weight is 452 g/mol. The van der Waals surface area contributed by atoms with Crippen LogP contribution in [0.3, 0.4) is 0 Å². The van der Waals surface area contributed by atoms with Crippen LogP contribution < -0.4 is 14.2 Å². The molecular formula is C22H21N5O4S. The molecule has 0 unspecified atom stereocenters. The van der Waals surface area contributed by atoms with E-state index in [-0.39, 0.29) is 4.90 Å². The summed E-state index contributed by atoms with van der Waals surface area (Å²) < 4.78 is 40.6. The zero-order chi connectivity index (χ0) is 22.6. The Labute approximate surface area is 185 Å². The normalized spacial score (nSPS) is 11.2. The largest absolute Gasteiger partial charge is 0.494 e. The summed E-state index contributed by atoms with van der Waals surface area (Å²) in [7, 11) is -3.73. The summed E-state index contributed by atoms with van der Waals surface area (Å²) in [5.41, 5.74) is 0.405. The highest BCUT2D eigenvalue weighted by molar-refractivity contribution is 7.92. The van der Waals surface area contributed by atoms with E-state index in [1.54, 1.807) is 72.5 Å². The summed E-state index contributed by atoms with van der Waals surface area (Å²) >= 11 is 0. The molecule has 4 rings (SSSR count). The lowest BCUT2D eigenvalue weighted by Crippen LogP contribution is -2.12. The summed E-state index contributed by atoms with van der Waals surface area (Å²) in [4.78, 5) is 8.77. The minimum Gasteiger partial charge on any atom is -0.494 e. The molecule has 0 radical (unpaired) electrons. The van der Waals surface area contributed by atoms with Crippen LogP contribution in [-0.2, 0) is 10.0 Å². The van der Waals surface area contributed by atoms with Crippen LogP contribution in [0.2, 0.25) is 0 Å². The number of nitrogens with zero attached hydrogens (tertiary/aromatic N) is 4. The quantitative estimate of drug-likeness (QED) is 0.432. The van der Waals surface area contributed by atoms with Crippen molar-refractivity contribution >= 4 is 15.7 Å². The fourth-order valence-corrected chi connectivity index (χ4v) is 3.97. The van der Waals surface area contributed by atoms with E-state index < -0.39 is 10.0 Å². The van der Waals surface area contributed by atoms with Gasteiger partial charge in [-0.3, -0.25) is 4.72 Å². The molecule has 10 heteroatoms. The fourth-order valence-electron chi connectivity index (χ4n) is 2.91. The van der Waals surface area contributed by atoms with E-state index in [4.69, 9.17) is 9.47 Å². The van der Waals surface area contributed by atoms with Crippen LogP contribution in [0.5, 0.6) is 17.4 Å². The fraction of sp³-hybridized carbons (Fsp3) is 0.136. The molecule has 0 aliphatic carbocycles. The SMILES string of the molecule is CCOc1ccc(S(=O)(=O)Nc2ccc(Oc3cc(-n4cccn4)nc(C)n3)cc2)cc1. The van der Waals surface area contributed by atoms with Gasteiger partial charge in [0.15, 0.2) is 5.82 Å². The highest BCUT2D eigenvalue weighted by Gasteiger charge is 2.14. The molecule has 0 atom stereocenters. The first kappa shape index (κ1) is 21.3. The molecule has 2 heterocycles. The summed E-state index contributed by atoms with van der Waals surface area (Å²) in [5, 5.41) is 4.16. The zero-order valence-corrected chi connectivity index (χ0v) is 18.3. The number of aryl methyl sites for hydroxylation is 1. The van der Waals surface area contributed by atoms with Crippen molar-refractivity contribution in [2.45, 2.75) is 18.7 Å². The lowest BCUT2D eigenvalue weighted by molar-refractivity contribution is 0.340. The van der Waals surface area contributed by atoms with Crippen molar-refractivity contribution < 1.29 is 17.9 Å². The molecular weight excluding hydrogens is 430 g/mol. The van der Waals surface area contributed by atoms with Gasteiger partial charge in [0.25, 0.3) is 10.0 Å². The van der Waals surface area contributed by atoms with Gasteiger partial charge in [-0.2, -0.15) is 10.1 Å². The smallest absolute Gasteiger partial charge is 0.261 e. The van der Waals surface area contributed by atoms with Gasteiger partial charge in [-0.05, 0) is 68.4 Å². The van der Waals surface area contributed by atoms with E-state index in [2.05, 4.69) is 19.8 Å². The highest BCUT2D eigenvalue weighted by atomic mass is 32.2. The maximum Gasteiger partial charge on any atom is 0.261 e. The zero-order valence-electron chi connectivity index (χ0n) is 17.5. The molecule has 9 nitrogen and oxygen atoms in total. The molecule has 32 heavy (non-hydrogen) atoms. The van der Waals surface area contributed by atoms with Gasteiger partial charge in [-0.1, -0.05) is 0 Å². The van der Waals surface area contributed by atoms with Crippen molar-refractivity contribution in [1.82, 2.24) is 19.7 Å². The van der Waals surface area contributed by atoms with Crippen LogP contribution in [0.4, 0.5) is 5.69 Å². The Hall–Kier alpha value is -3.92. The predicted molar refractivity (Wildman–Crippen MR) is 119 cm³/mol. The first-order chi connectivity index (χ1) is 15.4. The van der Waals surface area contributed by atoms with Gasteiger partial charge in [0.2, 0.25) is 5.88 Å². The lowest BCUT2D eigenvalue weighted by atomic mass is 10.3. The molecule has 0 aliphatic rings. The second-order valence-corrected chi connectivity index (χ2v) is 8.38. The van der Waals surface area contributed by atoms with Gasteiger partial charge in [0.05, 0.1) is 11.5 Å². The van der Waals surface area contributed by atoms with Gasteiger partial charge in [-0.25, -0.2) is 18.1 Å². The molecule has 0 bridgehead atoms. The van der Waals surface area contributed by atoms with Crippen LogP contribution >= 0.6 is 0 Å². The summed E-state index contributed by atoms with van der Waals surface area (Å²) in [6.07, 6.45) is 3.43. The van der Waals surface area contributed by atoms with Gasteiger partial charge < -0.3 is 9.47 Å². The second-order valence-electron chi connectivity index (χ2n) is 6.70. The molecule has 2 aromatic carbocycles. The van der Waals surface area contributed by atoms with E-state index in [0.717, 1.165) is 0 Å². The van der Waals surface area contributed by atoms with Crippen molar-refractivity contribution in [3.8, 4) is 23.2 Å². The highest BCUT2D eigenvalue weighted by Crippen LogP contribution is 2.25. The van der Waals surface area contributed by atoms with Gasteiger partial charge in [0, 0.05) is 24.1 Å². The number of anilines is 1. The number of hydrogen-bond donors (Lipinski definition) is 1. The first-order valence-electron chi connectivity index (χ1n) is 9.82. The Kier molecular flexibility index (Phi) is 6.04. The molecule has 0 amide bonds. The minimum absolute atomic E-state index is 0.142. The third-order valence-corrected chi connectivity index (χ3v) is 5.71. The second kappa shape index (κ2) is 9.06. The van der Waals surface area contributed by atoms with E-state index in [0.29, 0.717) is 41.3 Å².